The Morgan fingerprint density at radius 1 is 0.793 bits per heavy atom. The Morgan fingerprint density at radius 2 is 1.38 bits per heavy atom. The van der Waals surface area contributed by atoms with Crippen LogP contribution in [0.15, 0.2) is 29.4 Å². The van der Waals surface area contributed by atoms with Crippen LogP contribution in [0.25, 0.3) is 11.4 Å². The minimum absolute atomic E-state index is 0.871. The molecule has 0 atom stereocenters. The van der Waals surface area contributed by atoms with Gasteiger partial charge >= 0.3 is 0 Å². The molecule has 0 saturated heterocycles. The van der Waals surface area contributed by atoms with Gasteiger partial charge in [0.1, 0.15) is 0 Å². The Kier molecular flexibility index (Phi) is 12.8. The number of aromatic nitrogens is 3. The molecular formula is C25H41N3S. The third kappa shape index (κ3) is 10.9. The van der Waals surface area contributed by atoms with Gasteiger partial charge in [0, 0.05) is 11.3 Å². The quantitative estimate of drug-likeness (QED) is 0.208. The lowest BCUT2D eigenvalue weighted by atomic mass is 10.0. The van der Waals surface area contributed by atoms with E-state index in [-0.39, 0.29) is 0 Å². The first-order valence-electron chi connectivity index (χ1n) is 11.9. The van der Waals surface area contributed by atoms with E-state index in [1.807, 2.05) is 0 Å². The Hall–Kier alpha value is -1.29. The molecule has 2 aromatic rings. The van der Waals surface area contributed by atoms with Gasteiger partial charge in [0.05, 0.1) is 0 Å². The number of aryl methyl sites for hydroxylation is 1. The second-order valence-corrected chi connectivity index (χ2v) is 9.34. The van der Waals surface area contributed by atoms with Crippen molar-refractivity contribution in [2.45, 2.75) is 109 Å². The minimum Gasteiger partial charge on any atom is -0.258 e. The summed E-state index contributed by atoms with van der Waals surface area (Å²) in [6.45, 7) is 4.39. The van der Waals surface area contributed by atoms with E-state index in [9.17, 15) is 0 Å². The molecule has 162 valence electrons. The lowest BCUT2D eigenvalue weighted by Gasteiger charge is -2.03. The van der Waals surface area contributed by atoms with Crippen molar-refractivity contribution in [2.75, 3.05) is 5.75 Å². The van der Waals surface area contributed by atoms with Gasteiger partial charge in [0.25, 0.3) is 0 Å². The van der Waals surface area contributed by atoms with Gasteiger partial charge in [-0.05, 0) is 19.4 Å². The molecule has 0 aliphatic heterocycles. The molecule has 3 nitrogen and oxygen atoms in total. The van der Waals surface area contributed by atoms with E-state index in [1.54, 1.807) is 11.8 Å². The molecule has 1 aromatic carbocycles. The molecule has 1 N–H and O–H groups in total. The van der Waals surface area contributed by atoms with Gasteiger partial charge in [0.2, 0.25) is 5.16 Å². The van der Waals surface area contributed by atoms with E-state index in [2.05, 4.69) is 53.3 Å². The molecule has 0 spiro atoms. The van der Waals surface area contributed by atoms with Crippen molar-refractivity contribution in [2.24, 2.45) is 0 Å². The number of benzene rings is 1. The first-order valence-corrected chi connectivity index (χ1v) is 12.9. The van der Waals surface area contributed by atoms with Crippen LogP contribution in [0.3, 0.4) is 0 Å². The van der Waals surface area contributed by atoms with Gasteiger partial charge in [-0.15, -0.1) is 5.10 Å². The zero-order valence-corrected chi connectivity index (χ0v) is 19.5. The van der Waals surface area contributed by atoms with Crippen molar-refractivity contribution in [3.05, 3.63) is 29.8 Å². The highest BCUT2D eigenvalue weighted by molar-refractivity contribution is 7.99. The zero-order chi connectivity index (χ0) is 20.6. The van der Waals surface area contributed by atoms with Crippen LogP contribution < -0.4 is 0 Å². The molecule has 0 amide bonds. The average Bonchev–Trinajstić information content (AvgIpc) is 3.20. The summed E-state index contributed by atoms with van der Waals surface area (Å²) >= 11 is 1.77. The van der Waals surface area contributed by atoms with Gasteiger partial charge in [-0.3, -0.25) is 5.10 Å². The topological polar surface area (TPSA) is 41.6 Å². The summed E-state index contributed by atoms with van der Waals surface area (Å²) < 4.78 is 0. The Bertz CT molecular complexity index is 653. The van der Waals surface area contributed by atoms with Crippen molar-refractivity contribution in [3.63, 3.8) is 0 Å². The van der Waals surface area contributed by atoms with Gasteiger partial charge < -0.3 is 0 Å². The molecule has 0 radical (unpaired) electrons. The Labute approximate surface area is 182 Å². The molecule has 4 heteroatoms. The van der Waals surface area contributed by atoms with Crippen LogP contribution in [0.1, 0.15) is 102 Å². The van der Waals surface area contributed by atoms with Crippen LogP contribution >= 0.6 is 11.8 Å². The summed E-state index contributed by atoms with van der Waals surface area (Å²) in [6.07, 6.45) is 19.7. The van der Waals surface area contributed by atoms with Crippen LogP contribution in [0.4, 0.5) is 0 Å². The lowest BCUT2D eigenvalue weighted by Crippen LogP contribution is -1.85. The standard InChI is InChI=1S/C25H41N3S/c1-3-4-5-6-7-8-9-10-11-12-13-14-15-16-20-29-25-26-24(27-28-25)23-19-17-18-22(2)21-23/h17-19,21H,3-16,20H2,1-2H3,(H,26,27,28). The van der Waals surface area contributed by atoms with E-state index < -0.39 is 0 Å². The number of hydrogen-bond donors (Lipinski definition) is 1. The number of nitrogens with one attached hydrogen (secondary N) is 1. The highest BCUT2D eigenvalue weighted by Gasteiger charge is 2.06. The minimum atomic E-state index is 0.871. The van der Waals surface area contributed by atoms with Gasteiger partial charge in [-0.2, -0.15) is 0 Å². The number of hydrogen-bond acceptors (Lipinski definition) is 3. The normalized spacial score (nSPS) is 11.2. The number of thioether (sulfide) groups is 1. The van der Waals surface area contributed by atoms with Crippen LogP contribution in [-0.2, 0) is 0 Å². The lowest BCUT2D eigenvalue weighted by molar-refractivity contribution is 0.538. The largest absolute Gasteiger partial charge is 0.258 e. The molecular weight excluding hydrogens is 374 g/mol. The smallest absolute Gasteiger partial charge is 0.208 e. The first-order chi connectivity index (χ1) is 14.3. The number of unbranched alkanes of at least 4 members (excludes halogenated alkanes) is 13. The molecule has 0 bridgehead atoms. The summed E-state index contributed by atoms with van der Waals surface area (Å²) in [7, 11) is 0. The zero-order valence-electron chi connectivity index (χ0n) is 18.7. The molecule has 1 heterocycles. The fourth-order valence-electron chi connectivity index (χ4n) is 3.69. The molecule has 29 heavy (non-hydrogen) atoms. The van der Waals surface area contributed by atoms with Crippen molar-refractivity contribution in [1.82, 2.24) is 15.2 Å². The molecule has 2 rings (SSSR count). The summed E-state index contributed by atoms with van der Waals surface area (Å²) in [4.78, 5) is 4.62. The van der Waals surface area contributed by atoms with Crippen molar-refractivity contribution in [3.8, 4) is 11.4 Å². The number of nitrogens with zero attached hydrogens (tertiary/aromatic N) is 2. The van der Waals surface area contributed by atoms with Crippen LogP contribution in [0.2, 0.25) is 0 Å². The van der Waals surface area contributed by atoms with E-state index >= 15 is 0 Å². The number of rotatable bonds is 17. The van der Waals surface area contributed by atoms with E-state index in [4.69, 9.17) is 0 Å². The molecule has 1 aromatic heterocycles. The molecule has 0 unspecified atom stereocenters. The molecule has 0 aliphatic carbocycles. The van der Waals surface area contributed by atoms with E-state index in [1.165, 1.54) is 95.5 Å². The summed E-state index contributed by atoms with van der Waals surface area (Å²) in [5.41, 5.74) is 2.36. The summed E-state index contributed by atoms with van der Waals surface area (Å²) in [5.74, 6) is 1.99. The van der Waals surface area contributed by atoms with E-state index in [0.29, 0.717) is 0 Å². The van der Waals surface area contributed by atoms with Crippen molar-refractivity contribution in [1.29, 1.82) is 0 Å². The SMILES string of the molecule is CCCCCCCCCCCCCCCCSc1n[nH]c(-c2cccc(C)c2)n1. The van der Waals surface area contributed by atoms with Crippen LogP contribution in [-0.4, -0.2) is 20.9 Å². The van der Waals surface area contributed by atoms with Gasteiger partial charge in [0.15, 0.2) is 5.82 Å². The third-order valence-electron chi connectivity index (χ3n) is 5.49. The van der Waals surface area contributed by atoms with Crippen molar-refractivity contribution < 1.29 is 0 Å². The Morgan fingerprint density at radius 3 is 1.97 bits per heavy atom. The first kappa shape index (κ1) is 24.0. The molecule has 0 fully saturated rings. The number of H-pyrrole nitrogens is 1. The highest BCUT2D eigenvalue weighted by Crippen LogP contribution is 2.21. The maximum Gasteiger partial charge on any atom is 0.208 e. The molecule has 0 saturated carbocycles. The Balaban J connectivity index is 1.40. The maximum atomic E-state index is 4.62. The van der Waals surface area contributed by atoms with Gasteiger partial charge in [-0.25, -0.2) is 4.98 Å². The maximum absolute atomic E-state index is 4.62. The van der Waals surface area contributed by atoms with Crippen LogP contribution in [0, 0.1) is 6.92 Å². The fraction of sp³-hybridized carbons (Fsp3) is 0.680. The monoisotopic (exact) mass is 415 g/mol. The predicted octanol–water partition coefficient (Wildman–Crippen LogP) is 8.35. The van der Waals surface area contributed by atoms with E-state index in [0.717, 1.165) is 22.3 Å². The second kappa shape index (κ2) is 15.5. The predicted molar refractivity (Wildman–Crippen MR) is 128 cm³/mol. The van der Waals surface area contributed by atoms with Crippen molar-refractivity contribution >= 4 is 11.8 Å². The number of aromatic amines is 1. The van der Waals surface area contributed by atoms with Gasteiger partial charge in [-0.1, -0.05) is 126 Å². The third-order valence-corrected chi connectivity index (χ3v) is 6.42. The second-order valence-electron chi connectivity index (χ2n) is 8.28. The average molecular weight is 416 g/mol. The summed E-state index contributed by atoms with van der Waals surface area (Å²) in [6, 6.07) is 8.39. The fourth-order valence-corrected chi connectivity index (χ4v) is 4.49. The van der Waals surface area contributed by atoms with Crippen LogP contribution in [0.5, 0.6) is 0 Å². The summed E-state index contributed by atoms with van der Waals surface area (Å²) in [5, 5.41) is 8.29. The molecule has 0 aliphatic rings. The highest BCUT2D eigenvalue weighted by atomic mass is 32.2.